The van der Waals surface area contributed by atoms with Crippen LogP contribution in [-0.2, 0) is 22.1 Å². The second-order valence-electron chi connectivity index (χ2n) is 7.57. The van der Waals surface area contributed by atoms with Crippen LogP contribution in [0, 0.1) is 0 Å². The second-order valence-corrected chi connectivity index (χ2v) is 7.57. The van der Waals surface area contributed by atoms with Gasteiger partial charge in [0.05, 0.1) is 18.2 Å². The Morgan fingerprint density at radius 2 is 1.77 bits per heavy atom. The van der Waals surface area contributed by atoms with Crippen molar-refractivity contribution in [1.29, 1.82) is 0 Å². The average molecular weight is 434 g/mol. The molecule has 0 aliphatic carbocycles. The first kappa shape index (κ1) is 22.8. The van der Waals surface area contributed by atoms with Gasteiger partial charge in [0.1, 0.15) is 6.04 Å². The van der Waals surface area contributed by atoms with E-state index in [4.69, 9.17) is 4.74 Å². The molecule has 1 aliphatic heterocycles. The van der Waals surface area contributed by atoms with E-state index in [1.807, 2.05) is 35.2 Å². The molecular weight excluding hydrogens is 409 g/mol. The first-order valence-corrected chi connectivity index (χ1v) is 10.1. The number of carbonyl (C=O) groups excluding carboxylic acids is 2. The topological polar surface area (TPSA) is 58.6 Å². The number of nitrogens with zero attached hydrogens (tertiary/aromatic N) is 1. The summed E-state index contributed by atoms with van der Waals surface area (Å²) in [5.41, 5.74) is -0.216. The van der Waals surface area contributed by atoms with Gasteiger partial charge >= 0.3 is 12.1 Å². The number of halogens is 3. The van der Waals surface area contributed by atoms with Crippen LogP contribution in [0.4, 0.5) is 13.2 Å². The van der Waals surface area contributed by atoms with Crippen molar-refractivity contribution in [2.24, 2.45) is 0 Å². The summed E-state index contributed by atoms with van der Waals surface area (Å²) in [6, 6.07) is 13.6. The molecule has 2 atom stereocenters. The van der Waals surface area contributed by atoms with Crippen molar-refractivity contribution >= 4 is 11.9 Å². The Balaban J connectivity index is 1.65. The van der Waals surface area contributed by atoms with Crippen molar-refractivity contribution in [1.82, 2.24) is 10.2 Å². The standard InChI is InChI=1S/C23H25F3N2O3/c1-31-22(30)20-14-17(15-28(20)13-7-10-16-8-3-2-4-9-16)27-21(29)18-11-5-6-12-19(18)23(24,25)26/h2-6,8-9,11-12,17,20H,7,10,13-15H2,1H3,(H,27,29)/t17-,20+/m1/s1. The maximum Gasteiger partial charge on any atom is 0.417 e. The normalized spacial score (nSPS) is 19.2. The van der Waals surface area contributed by atoms with E-state index in [1.54, 1.807) is 0 Å². The Hall–Kier alpha value is -2.87. The van der Waals surface area contributed by atoms with Gasteiger partial charge in [-0.15, -0.1) is 0 Å². The molecule has 2 aromatic carbocycles. The summed E-state index contributed by atoms with van der Waals surface area (Å²) >= 11 is 0. The van der Waals surface area contributed by atoms with E-state index in [0.29, 0.717) is 13.1 Å². The first-order chi connectivity index (χ1) is 14.8. The number of hydrogen-bond acceptors (Lipinski definition) is 4. The SMILES string of the molecule is COC(=O)[C@@H]1C[C@@H](NC(=O)c2ccccc2C(F)(F)F)CN1CCCc1ccccc1. The maximum atomic E-state index is 13.2. The zero-order chi connectivity index (χ0) is 22.4. The second kappa shape index (κ2) is 9.96. The Morgan fingerprint density at radius 1 is 1.10 bits per heavy atom. The molecule has 1 fully saturated rings. The summed E-state index contributed by atoms with van der Waals surface area (Å²) < 4.78 is 44.6. The van der Waals surface area contributed by atoms with Crippen LogP contribution in [0.25, 0.3) is 0 Å². The van der Waals surface area contributed by atoms with Crippen LogP contribution >= 0.6 is 0 Å². The van der Waals surface area contributed by atoms with E-state index in [-0.39, 0.29) is 6.42 Å². The minimum absolute atomic E-state index is 0.290. The van der Waals surface area contributed by atoms with Crippen LogP contribution in [0.1, 0.15) is 34.3 Å². The van der Waals surface area contributed by atoms with E-state index >= 15 is 0 Å². The number of amides is 1. The van der Waals surface area contributed by atoms with Crippen molar-refractivity contribution in [3.8, 4) is 0 Å². The van der Waals surface area contributed by atoms with Gasteiger partial charge in [-0.05, 0) is 43.5 Å². The highest BCUT2D eigenvalue weighted by Crippen LogP contribution is 2.32. The van der Waals surface area contributed by atoms with E-state index in [9.17, 15) is 22.8 Å². The fraction of sp³-hybridized carbons (Fsp3) is 0.391. The number of alkyl halides is 3. The molecule has 8 heteroatoms. The molecule has 0 bridgehead atoms. The lowest BCUT2D eigenvalue weighted by molar-refractivity contribution is -0.145. The van der Waals surface area contributed by atoms with Gasteiger partial charge in [-0.3, -0.25) is 14.5 Å². The van der Waals surface area contributed by atoms with E-state index in [0.717, 1.165) is 25.0 Å². The minimum Gasteiger partial charge on any atom is -0.468 e. The molecule has 166 valence electrons. The first-order valence-electron chi connectivity index (χ1n) is 10.1. The molecule has 31 heavy (non-hydrogen) atoms. The van der Waals surface area contributed by atoms with Gasteiger partial charge < -0.3 is 10.1 Å². The zero-order valence-electron chi connectivity index (χ0n) is 17.2. The number of likely N-dealkylation sites (tertiary alicyclic amines) is 1. The number of aryl methyl sites for hydroxylation is 1. The Labute approximate surface area is 179 Å². The monoisotopic (exact) mass is 434 g/mol. The molecule has 0 unspecified atom stereocenters. The van der Waals surface area contributed by atoms with Crippen molar-refractivity contribution < 1.29 is 27.5 Å². The van der Waals surface area contributed by atoms with Crippen molar-refractivity contribution in [3.05, 3.63) is 71.3 Å². The van der Waals surface area contributed by atoms with Gasteiger partial charge in [-0.25, -0.2) is 0 Å². The van der Waals surface area contributed by atoms with Crippen molar-refractivity contribution in [2.75, 3.05) is 20.2 Å². The number of rotatable bonds is 7. The number of esters is 1. The summed E-state index contributed by atoms with van der Waals surface area (Å²) in [5.74, 6) is -1.21. The predicted octanol–water partition coefficient (Wildman–Crippen LogP) is 3.68. The Kier molecular flexibility index (Phi) is 7.33. The van der Waals surface area contributed by atoms with Crippen LogP contribution in [0.5, 0.6) is 0 Å². The lowest BCUT2D eigenvalue weighted by Crippen LogP contribution is -2.39. The third-order valence-electron chi connectivity index (χ3n) is 5.44. The van der Waals surface area contributed by atoms with Crippen LogP contribution in [0.15, 0.2) is 54.6 Å². The van der Waals surface area contributed by atoms with Gasteiger partial charge in [0.2, 0.25) is 0 Å². The summed E-state index contributed by atoms with van der Waals surface area (Å²) in [7, 11) is 1.30. The molecular formula is C23H25F3N2O3. The molecule has 0 aromatic heterocycles. The number of nitrogens with one attached hydrogen (secondary N) is 1. The highest BCUT2D eigenvalue weighted by molar-refractivity contribution is 5.96. The molecule has 2 aromatic rings. The van der Waals surface area contributed by atoms with Crippen LogP contribution < -0.4 is 5.32 Å². The molecule has 0 spiro atoms. The van der Waals surface area contributed by atoms with E-state index in [2.05, 4.69) is 5.32 Å². The van der Waals surface area contributed by atoms with E-state index < -0.39 is 41.3 Å². The predicted molar refractivity (Wildman–Crippen MR) is 109 cm³/mol. The summed E-state index contributed by atoms with van der Waals surface area (Å²) in [4.78, 5) is 26.7. The molecule has 1 amide bonds. The summed E-state index contributed by atoms with van der Waals surface area (Å²) in [5, 5.41) is 2.67. The Morgan fingerprint density at radius 3 is 2.45 bits per heavy atom. The highest BCUT2D eigenvalue weighted by Gasteiger charge is 2.39. The van der Waals surface area contributed by atoms with Crippen LogP contribution in [0.2, 0.25) is 0 Å². The Bertz CT molecular complexity index is 902. The van der Waals surface area contributed by atoms with Gasteiger partial charge in [-0.2, -0.15) is 13.2 Å². The highest BCUT2D eigenvalue weighted by atomic mass is 19.4. The molecule has 5 nitrogen and oxygen atoms in total. The number of methoxy groups -OCH3 is 1. The number of carbonyl (C=O) groups is 2. The lowest BCUT2D eigenvalue weighted by Gasteiger charge is -2.22. The lowest BCUT2D eigenvalue weighted by atomic mass is 10.1. The maximum absolute atomic E-state index is 13.2. The molecule has 0 saturated carbocycles. The van der Waals surface area contributed by atoms with Crippen LogP contribution in [-0.4, -0.2) is 49.1 Å². The third-order valence-corrected chi connectivity index (χ3v) is 5.44. The number of hydrogen-bond donors (Lipinski definition) is 1. The number of ether oxygens (including phenoxy) is 1. The fourth-order valence-electron chi connectivity index (χ4n) is 3.96. The molecule has 1 heterocycles. The average Bonchev–Trinajstić information content (AvgIpc) is 3.15. The molecule has 1 N–H and O–H groups in total. The largest absolute Gasteiger partial charge is 0.468 e. The quantitative estimate of drug-likeness (QED) is 0.676. The van der Waals surface area contributed by atoms with Gasteiger partial charge in [0, 0.05) is 12.6 Å². The van der Waals surface area contributed by atoms with Gasteiger partial charge in [-0.1, -0.05) is 42.5 Å². The minimum atomic E-state index is -4.62. The third kappa shape index (κ3) is 5.85. The summed E-state index contributed by atoms with van der Waals surface area (Å²) in [6.45, 7) is 0.981. The van der Waals surface area contributed by atoms with Crippen molar-refractivity contribution in [3.63, 3.8) is 0 Å². The fourth-order valence-corrected chi connectivity index (χ4v) is 3.96. The molecule has 1 saturated heterocycles. The number of benzene rings is 2. The molecule has 1 aliphatic rings. The summed E-state index contributed by atoms with van der Waals surface area (Å²) in [6.07, 6.45) is -2.70. The smallest absolute Gasteiger partial charge is 0.417 e. The van der Waals surface area contributed by atoms with E-state index in [1.165, 1.54) is 24.8 Å². The molecule has 3 rings (SSSR count). The van der Waals surface area contributed by atoms with Gasteiger partial charge in [0.15, 0.2) is 0 Å². The molecule has 0 radical (unpaired) electrons. The zero-order valence-corrected chi connectivity index (χ0v) is 17.2. The van der Waals surface area contributed by atoms with Gasteiger partial charge in [0.25, 0.3) is 5.91 Å². The van der Waals surface area contributed by atoms with Crippen LogP contribution in [0.3, 0.4) is 0 Å². The van der Waals surface area contributed by atoms with Crippen molar-refractivity contribution in [2.45, 2.75) is 37.5 Å².